The Hall–Kier alpha value is -2.61. The zero-order valence-corrected chi connectivity index (χ0v) is 17.0. The van der Waals surface area contributed by atoms with Crippen molar-refractivity contribution >= 4 is 11.5 Å². The first kappa shape index (κ1) is 21.1. The molecule has 1 aromatic heterocycles. The lowest BCUT2D eigenvalue weighted by Gasteiger charge is -2.24. The molecular formula is C21H25F3N4O. The number of allylic oxidation sites excluding steroid dienone is 1. The number of hydrogen-bond acceptors (Lipinski definition) is 4. The first-order chi connectivity index (χ1) is 13.5. The fourth-order valence-electron chi connectivity index (χ4n) is 3.85. The van der Waals surface area contributed by atoms with Crippen LogP contribution in [0, 0.1) is 0 Å². The van der Waals surface area contributed by atoms with E-state index in [2.05, 4.69) is 24.9 Å². The molecule has 29 heavy (non-hydrogen) atoms. The Bertz CT molecular complexity index is 930. The van der Waals surface area contributed by atoms with Crippen LogP contribution < -0.4 is 4.90 Å². The average molecular weight is 406 g/mol. The fourth-order valence-corrected chi connectivity index (χ4v) is 3.85. The van der Waals surface area contributed by atoms with Gasteiger partial charge in [-0.05, 0) is 18.7 Å². The summed E-state index contributed by atoms with van der Waals surface area (Å²) in [7, 11) is 3.63. The number of carbonyl (C=O) groups is 1. The first-order valence-corrected chi connectivity index (χ1v) is 9.32. The van der Waals surface area contributed by atoms with Crippen LogP contribution >= 0.6 is 0 Å². The monoisotopic (exact) mass is 406 g/mol. The quantitative estimate of drug-likeness (QED) is 0.685. The molecule has 5 nitrogen and oxygen atoms in total. The standard InChI is InChI=1S/C21H25F3N4O/c1-20(2)16-7-5-6-8-17(16)27(4)18(20)11-15(29)12-26(3)13-19-25-9-10-28(19)14-21(22,23)24/h5-11H,12-14H2,1-4H3/b18-11-. The van der Waals surface area contributed by atoms with E-state index in [1.54, 1.807) is 18.0 Å². The highest BCUT2D eigenvalue weighted by atomic mass is 19.4. The molecule has 0 bridgehead atoms. The molecule has 2 heterocycles. The van der Waals surface area contributed by atoms with Crippen molar-refractivity contribution in [1.82, 2.24) is 14.5 Å². The summed E-state index contributed by atoms with van der Waals surface area (Å²) >= 11 is 0. The van der Waals surface area contributed by atoms with E-state index in [1.165, 1.54) is 12.4 Å². The summed E-state index contributed by atoms with van der Waals surface area (Å²) in [4.78, 5) is 20.4. The average Bonchev–Trinajstić information content (AvgIpc) is 3.10. The van der Waals surface area contributed by atoms with Gasteiger partial charge in [0.2, 0.25) is 0 Å². The van der Waals surface area contributed by atoms with Crippen molar-refractivity contribution < 1.29 is 18.0 Å². The van der Waals surface area contributed by atoms with Gasteiger partial charge in [0.25, 0.3) is 0 Å². The molecule has 0 atom stereocenters. The van der Waals surface area contributed by atoms with Gasteiger partial charge in [-0.3, -0.25) is 9.69 Å². The van der Waals surface area contributed by atoms with E-state index in [-0.39, 0.29) is 30.1 Å². The molecule has 2 aromatic rings. The second kappa shape index (κ2) is 7.67. The third-order valence-corrected chi connectivity index (χ3v) is 5.23. The normalized spacial score (nSPS) is 17.2. The van der Waals surface area contributed by atoms with E-state index in [4.69, 9.17) is 0 Å². The number of benzene rings is 1. The van der Waals surface area contributed by atoms with E-state index < -0.39 is 12.7 Å². The maximum absolute atomic E-state index is 12.7. The number of anilines is 1. The van der Waals surface area contributed by atoms with E-state index in [0.717, 1.165) is 21.5 Å². The van der Waals surface area contributed by atoms with Gasteiger partial charge in [-0.15, -0.1) is 0 Å². The number of rotatable bonds is 6. The van der Waals surface area contributed by atoms with Crippen LogP contribution in [0.3, 0.4) is 0 Å². The lowest BCUT2D eigenvalue weighted by atomic mass is 9.83. The van der Waals surface area contributed by atoms with Crippen LogP contribution in [-0.4, -0.2) is 47.1 Å². The van der Waals surface area contributed by atoms with Gasteiger partial charge in [-0.2, -0.15) is 13.2 Å². The Balaban J connectivity index is 1.69. The number of halogens is 3. The SMILES string of the molecule is CN(CC(=O)/C=C1\N(C)c2ccccc2C1(C)C)Cc1nccn1CC(F)(F)F. The van der Waals surface area contributed by atoms with Crippen LogP contribution in [0.5, 0.6) is 0 Å². The third kappa shape index (κ3) is 4.53. The maximum Gasteiger partial charge on any atom is 0.406 e. The number of para-hydroxylation sites is 1. The predicted molar refractivity (Wildman–Crippen MR) is 106 cm³/mol. The largest absolute Gasteiger partial charge is 0.406 e. The molecule has 1 aromatic carbocycles. The molecule has 1 aliphatic heterocycles. The second-order valence-corrected chi connectivity index (χ2v) is 7.96. The highest BCUT2D eigenvalue weighted by Gasteiger charge is 2.38. The summed E-state index contributed by atoms with van der Waals surface area (Å²) in [6.45, 7) is 3.30. The molecule has 0 amide bonds. The summed E-state index contributed by atoms with van der Waals surface area (Å²) in [5.41, 5.74) is 2.82. The molecule has 0 aliphatic carbocycles. The van der Waals surface area contributed by atoms with Crippen LogP contribution in [0.1, 0.15) is 25.2 Å². The molecule has 0 saturated heterocycles. The van der Waals surface area contributed by atoms with E-state index in [0.29, 0.717) is 0 Å². The van der Waals surface area contributed by atoms with Crippen LogP contribution in [-0.2, 0) is 23.3 Å². The van der Waals surface area contributed by atoms with Gasteiger partial charge in [-0.1, -0.05) is 32.0 Å². The maximum atomic E-state index is 12.7. The lowest BCUT2D eigenvalue weighted by molar-refractivity contribution is -0.141. The van der Waals surface area contributed by atoms with Gasteiger partial charge in [0, 0.05) is 42.3 Å². The fraction of sp³-hybridized carbons (Fsp3) is 0.429. The van der Waals surface area contributed by atoms with Gasteiger partial charge in [0.05, 0.1) is 13.1 Å². The van der Waals surface area contributed by atoms with E-state index in [9.17, 15) is 18.0 Å². The number of hydrogen-bond donors (Lipinski definition) is 0. The van der Waals surface area contributed by atoms with Crippen molar-refractivity contribution in [2.24, 2.45) is 0 Å². The highest BCUT2D eigenvalue weighted by molar-refractivity contribution is 5.94. The zero-order valence-electron chi connectivity index (χ0n) is 17.0. The van der Waals surface area contributed by atoms with Gasteiger partial charge in [-0.25, -0.2) is 4.98 Å². The van der Waals surface area contributed by atoms with Gasteiger partial charge >= 0.3 is 6.18 Å². The lowest BCUT2D eigenvalue weighted by Crippen LogP contribution is -2.29. The molecule has 0 N–H and O–H groups in total. The number of imidazole rings is 1. The van der Waals surface area contributed by atoms with E-state index in [1.807, 2.05) is 30.1 Å². The molecule has 0 fully saturated rings. The third-order valence-electron chi connectivity index (χ3n) is 5.23. The second-order valence-electron chi connectivity index (χ2n) is 7.96. The topological polar surface area (TPSA) is 41.4 Å². The summed E-state index contributed by atoms with van der Waals surface area (Å²) < 4.78 is 39.1. The van der Waals surface area contributed by atoms with Crippen molar-refractivity contribution in [1.29, 1.82) is 0 Å². The van der Waals surface area contributed by atoms with Gasteiger partial charge < -0.3 is 9.47 Å². The number of carbonyl (C=O) groups excluding carboxylic acids is 1. The number of alkyl halides is 3. The van der Waals surface area contributed by atoms with Crippen LogP contribution in [0.15, 0.2) is 48.4 Å². The van der Waals surface area contributed by atoms with Crippen molar-refractivity contribution in [2.75, 3.05) is 25.5 Å². The zero-order chi connectivity index (χ0) is 21.4. The molecule has 1 aliphatic rings. The van der Waals surface area contributed by atoms with Crippen molar-refractivity contribution in [2.45, 2.75) is 38.5 Å². The Kier molecular flexibility index (Phi) is 5.58. The first-order valence-electron chi connectivity index (χ1n) is 9.32. The van der Waals surface area contributed by atoms with E-state index >= 15 is 0 Å². The Morgan fingerprint density at radius 2 is 1.97 bits per heavy atom. The number of likely N-dealkylation sites (N-methyl/N-ethyl adjacent to an activating group) is 2. The van der Waals surface area contributed by atoms with Gasteiger partial charge in [0.15, 0.2) is 5.78 Å². The number of ketones is 1. The Labute approximate surface area is 168 Å². The summed E-state index contributed by atoms with van der Waals surface area (Å²) in [5, 5.41) is 0. The van der Waals surface area contributed by atoms with Crippen molar-refractivity contribution in [3.63, 3.8) is 0 Å². The minimum absolute atomic E-state index is 0.0860. The summed E-state index contributed by atoms with van der Waals surface area (Å²) in [5.74, 6) is 0.167. The van der Waals surface area contributed by atoms with Gasteiger partial charge in [0.1, 0.15) is 12.4 Å². The molecule has 8 heteroatoms. The highest BCUT2D eigenvalue weighted by Crippen LogP contribution is 2.46. The Morgan fingerprint density at radius 3 is 2.62 bits per heavy atom. The molecule has 0 unspecified atom stereocenters. The molecule has 0 spiro atoms. The van der Waals surface area contributed by atoms with Crippen LogP contribution in [0.2, 0.25) is 0 Å². The molecule has 3 rings (SSSR count). The minimum Gasteiger partial charge on any atom is -0.347 e. The summed E-state index contributed by atoms with van der Waals surface area (Å²) in [6.07, 6.45) is -0.0414. The number of nitrogens with zero attached hydrogens (tertiary/aromatic N) is 4. The van der Waals surface area contributed by atoms with Crippen LogP contribution in [0.25, 0.3) is 0 Å². The number of fused-ring (bicyclic) bond motifs is 1. The number of aromatic nitrogens is 2. The predicted octanol–water partition coefficient (Wildman–Crippen LogP) is 3.76. The van der Waals surface area contributed by atoms with Crippen molar-refractivity contribution in [3.8, 4) is 0 Å². The molecule has 0 radical (unpaired) electrons. The van der Waals surface area contributed by atoms with Crippen LogP contribution in [0.4, 0.5) is 18.9 Å². The minimum atomic E-state index is -4.32. The Morgan fingerprint density at radius 1 is 1.28 bits per heavy atom. The molecule has 156 valence electrons. The smallest absolute Gasteiger partial charge is 0.347 e. The molecule has 0 saturated carbocycles. The molecular weight excluding hydrogens is 381 g/mol. The summed E-state index contributed by atoms with van der Waals surface area (Å²) in [6, 6.07) is 8.03. The van der Waals surface area contributed by atoms with Crippen molar-refractivity contribution in [3.05, 3.63) is 59.8 Å².